The fourth-order valence-corrected chi connectivity index (χ4v) is 4.60. The van der Waals surface area contributed by atoms with Gasteiger partial charge in [0.1, 0.15) is 0 Å². The highest BCUT2D eigenvalue weighted by Gasteiger charge is 2.30. The van der Waals surface area contributed by atoms with Crippen molar-refractivity contribution in [1.29, 1.82) is 0 Å². The van der Waals surface area contributed by atoms with E-state index >= 15 is 0 Å². The van der Waals surface area contributed by atoms with Crippen LogP contribution < -0.4 is 0 Å². The molecule has 2 aromatic carbocycles. The molecule has 0 aromatic heterocycles. The van der Waals surface area contributed by atoms with E-state index in [1.54, 1.807) is 7.11 Å². The Morgan fingerprint density at radius 2 is 1.65 bits per heavy atom. The van der Waals surface area contributed by atoms with Gasteiger partial charge in [-0.05, 0) is 41.5 Å². The van der Waals surface area contributed by atoms with Crippen LogP contribution in [-0.4, -0.2) is 37.6 Å². The summed E-state index contributed by atoms with van der Waals surface area (Å²) in [6.07, 6.45) is 3.72. The van der Waals surface area contributed by atoms with Crippen molar-refractivity contribution in [3.05, 3.63) is 70.8 Å². The molecule has 4 rings (SSSR count). The zero-order valence-electron chi connectivity index (χ0n) is 15.5. The zero-order valence-corrected chi connectivity index (χ0v) is 15.5. The van der Waals surface area contributed by atoms with Gasteiger partial charge in [0.15, 0.2) is 0 Å². The van der Waals surface area contributed by atoms with Crippen LogP contribution in [0.5, 0.6) is 0 Å². The van der Waals surface area contributed by atoms with Crippen molar-refractivity contribution < 1.29 is 9.53 Å². The second-order valence-electron chi connectivity index (χ2n) is 7.60. The highest BCUT2D eigenvalue weighted by atomic mass is 16.5. The van der Waals surface area contributed by atoms with Crippen molar-refractivity contribution in [2.24, 2.45) is 5.92 Å². The molecule has 1 heterocycles. The molecule has 26 heavy (non-hydrogen) atoms. The maximum Gasteiger partial charge on any atom is 0.223 e. The number of benzene rings is 2. The largest absolute Gasteiger partial charge is 0.384 e. The van der Waals surface area contributed by atoms with Gasteiger partial charge in [0.25, 0.3) is 0 Å². The van der Waals surface area contributed by atoms with Gasteiger partial charge in [0.05, 0.1) is 6.61 Å². The zero-order chi connectivity index (χ0) is 17.9. The Bertz CT molecular complexity index is 738. The second kappa shape index (κ2) is 7.63. The van der Waals surface area contributed by atoms with Gasteiger partial charge in [-0.1, -0.05) is 48.5 Å². The number of carbonyl (C=O) groups is 1. The molecule has 1 aliphatic heterocycles. The summed E-state index contributed by atoms with van der Waals surface area (Å²) in [7, 11) is 1.74. The van der Waals surface area contributed by atoms with E-state index in [0.29, 0.717) is 12.3 Å². The summed E-state index contributed by atoms with van der Waals surface area (Å²) in [5, 5.41) is 0. The maximum absolute atomic E-state index is 13.1. The number of methoxy groups -OCH3 is 1. The van der Waals surface area contributed by atoms with Crippen LogP contribution >= 0.6 is 0 Å². The predicted molar refractivity (Wildman–Crippen MR) is 103 cm³/mol. The summed E-state index contributed by atoms with van der Waals surface area (Å²) in [6.45, 7) is 2.45. The Morgan fingerprint density at radius 1 is 1.04 bits per heavy atom. The van der Waals surface area contributed by atoms with Gasteiger partial charge in [-0.2, -0.15) is 0 Å². The topological polar surface area (TPSA) is 29.5 Å². The summed E-state index contributed by atoms with van der Waals surface area (Å²) in [6, 6.07) is 17.3. The quantitative estimate of drug-likeness (QED) is 0.840. The van der Waals surface area contributed by atoms with Crippen LogP contribution in [0.15, 0.2) is 48.5 Å². The molecule has 2 aromatic rings. The minimum atomic E-state index is 0.166. The van der Waals surface area contributed by atoms with Crippen molar-refractivity contribution in [1.82, 2.24) is 4.90 Å². The molecule has 0 N–H and O–H groups in total. The van der Waals surface area contributed by atoms with E-state index in [1.807, 2.05) is 4.90 Å². The lowest BCUT2D eigenvalue weighted by Crippen LogP contribution is -2.30. The highest BCUT2D eigenvalue weighted by molar-refractivity contribution is 5.78. The minimum Gasteiger partial charge on any atom is -0.384 e. The number of likely N-dealkylation sites (tertiary alicyclic amines) is 1. The number of hydrogen-bond donors (Lipinski definition) is 0. The summed E-state index contributed by atoms with van der Waals surface area (Å²) in [5.74, 6) is 0.927. The average Bonchev–Trinajstić information content (AvgIpc) is 3.08. The number of ether oxygens (including phenoxy) is 1. The Hall–Kier alpha value is -2.13. The van der Waals surface area contributed by atoms with Gasteiger partial charge >= 0.3 is 0 Å². The van der Waals surface area contributed by atoms with Crippen LogP contribution in [0.25, 0.3) is 0 Å². The van der Waals surface area contributed by atoms with Crippen LogP contribution in [0.4, 0.5) is 0 Å². The van der Waals surface area contributed by atoms with Crippen molar-refractivity contribution in [2.45, 2.75) is 31.6 Å². The van der Waals surface area contributed by atoms with E-state index in [-0.39, 0.29) is 11.8 Å². The fraction of sp³-hybridized carbons (Fsp3) is 0.435. The van der Waals surface area contributed by atoms with E-state index < -0.39 is 0 Å². The third-order valence-corrected chi connectivity index (χ3v) is 5.94. The third-order valence-electron chi connectivity index (χ3n) is 5.94. The van der Waals surface area contributed by atoms with Crippen molar-refractivity contribution in [3.63, 3.8) is 0 Å². The second-order valence-corrected chi connectivity index (χ2v) is 7.60. The molecular weight excluding hydrogens is 322 g/mol. The van der Waals surface area contributed by atoms with Crippen LogP contribution in [0.1, 0.15) is 41.0 Å². The van der Waals surface area contributed by atoms with Gasteiger partial charge in [-0.15, -0.1) is 0 Å². The number of amides is 1. The van der Waals surface area contributed by atoms with E-state index in [9.17, 15) is 4.79 Å². The Balaban J connectivity index is 1.60. The molecule has 136 valence electrons. The number of aryl methyl sites for hydroxylation is 2. The molecule has 0 saturated carbocycles. The molecule has 3 heteroatoms. The van der Waals surface area contributed by atoms with Crippen LogP contribution in [0.3, 0.4) is 0 Å². The molecule has 0 spiro atoms. The van der Waals surface area contributed by atoms with Crippen LogP contribution in [0, 0.1) is 5.92 Å². The number of hydrogen-bond acceptors (Lipinski definition) is 2. The molecule has 0 bridgehead atoms. The SMILES string of the molecule is COCC1CCN(C(=O)CC2c3ccccc3CCc3ccccc32)C1. The first-order valence-corrected chi connectivity index (χ1v) is 9.68. The molecule has 1 unspecified atom stereocenters. The lowest BCUT2D eigenvalue weighted by atomic mass is 9.85. The molecular formula is C23H27NO2. The smallest absolute Gasteiger partial charge is 0.223 e. The van der Waals surface area contributed by atoms with E-state index in [4.69, 9.17) is 4.74 Å². The Labute approximate surface area is 156 Å². The summed E-state index contributed by atoms with van der Waals surface area (Å²) in [4.78, 5) is 15.1. The van der Waals surface area contributed by atoms with Crippen LogP contribution in [0.2, 0.25) is 0 Å². The first kappa shape index (κ1) is 17.3. The molecule has 1 atom stereocenters. The maximum atomic E-state index is 13.1. The summed E-state index contributed by atoms with van der Waals surface area (Å²) < 4.78 is 5.28. The van der Waals surface area contributed by atoms with Crippen molar-refractivity contribution in [3.8, 4) is 0 Å². The Kier molecular flexibility index (Phi) is 5.07. The number of fused-ring (bicyclic) bond motifs is 2. The molecule has 1 saturated heterocycles. The molecule has 1 aliphatic carbocycles. The van der Waals surface area contributed by atoms with Crippen LogP contribution in [-0.2, 0) is 22.4 Å². The molecule has 1 fully saturated rings. The van der Waals surface area contributed by atoms with Gasteiger partial charge in [-0.3, -0.25) is 4.79 Å². The molecule has 2 aliphatic rings. The van der Waals surface area contributed by atoms with E-state index in [1.165, 1.54) is 22.3 Å². The number of rotatable bonds is 4. The fourth-order valence-electron chi connectivity index (χ4n) is 4.60. The lowest BCUT2D eigenvalue weighted by molar-refractivity contribution is -0.130. The van der Waals surface area contributed by atoms with Crippen molar-refractivity contribution in [2.75, 3.05) is 26.8 Å². The first-order chi connectivity index (χ1) is 12.8. The normalized spacial score (nSPS) is 19.7. The minimum absolute atomic E-state index is 0.166. The number of carbonyl (C=O) groups excluding carboxylic acids is 1. The molecule has 0 radical (unpaired) electrons. The van der Waals surface area contributed by atoms with Gasteiger partial charge in [-0.25, -0.2) is 0 Å². The standard InChI is InChI=1S/C23H27NO2/c1-26-16-17-12-13-24(15-17)23(25)14-22-20-8-4-2-6-18(20)10-11-19-7-3-5-9-21(19)22/h2-9,17,22H,10-16H2,1H3. The van der Waals surface area contributed by atoms with E-state index in [2.05, 4.69) is 48.5 Å². The Morgan fingerprint density at radius 3 is 2.27 bits per heavy atom. The van der Waals surface area contributed by atoms with Gasteiger partial charge in [0, 0.05) is 38.5 Å². The van der Waals surface area contributed by atoms with Gasteiger partial charge in [0.2, 0.25) is 5.91 Å². The van der Waals surface area contributed by atoms with E-state index in [0.717, 1.165) is 39.0 Å². The number of nitrogens with zero attached hydrogens (tertiary/aromatic N) is 1. The molecule has 1 amide bonds. The first-order valence-electron chi connectivity index (χ1n) is 9.68. The summed E-state index contributed by atoms with van der Waals surface area (Å²) >= 11 is 0. The monoisotopic (exact) mass is 349 g/mol. The lowest BCUT2D eigenvalue weighted by Gasteiger charge is -2.23. The average molecular weight is 349 g/mol. The molecule has 3 nitrogen and oxygen atoms in total. The van der Waals surface area contributed by atoms with Gasteiger partial charge < -0.3 is 9.64 Å². The summed E-state index contributed by atoms with van der Waals surface area (Å²) in [5.41, 5.74) is 5.44. The highest BCUT2D eigenvalue weighted by Crippen LogP contribution is 2.37. The van der Waals surface area contributed by atoms with Crippen molar-refractivity contribution >= 4 is 5.91 Å². The predicted octanol–water partition coefficient (Wildman–Crippen LogP) is 3.80. The third kappa shape index (κ3) is 3.41.